The van der Waals surface area contributed by atoms with Gasteiger partial charge in [-0.15, -0.1) is 0 Å². The van der Waals surface area contributed by atoms with Gasteiger partial charge in [-0.2, -0.15) is 0 Å². The molecule has 4 N–H and O–H groups in total. The van der Waals surface area contributed by atoms with Crippen molar-refractivity contribution in [2.45, 2.75) is 0 Å². The maximum atomic E-state index is 11.6. The third-order valence-electron chi connectivity index (χ3n) is 2.91. The normalized spacial score (nSPS) is 9.95. The fourth-order valence-electron chi connectivity index (χ4n) is 1.83. The van der Waals surface area contributed by atoms with Crippen LogP contribution in [-0.2, 0) is 9.59 Å². The Hall–Kier alpha value is -2.66. The van der Waals surface area contributed by atoms with Crippen LogP contribution in [0.25, 0.3) is 11.1 Å². The van der Waals surface area contributed by atoms with E-state index >= 15 is 0 Å². The number of carbonyl (C=O) groups excluding carboxylic acids is 2. The minimum Gasteiger partial charge on any atom is -0.346 e. The van der Waals surface area contributed by atoms with Crippen molar-refractivity contribution in [3.63, 3.8) is 0 Å². The van der Waals surface area contributed by atoms with Crippen molar-refractivity contribution in [3.05, 3.63) is 54.6 Å². The maximum Gasteiger partial charge on any atom is 0.243 e. The van der Waals surface area contributed by atoms with E-state index < -0.39 is 0 Å². The highest BCUT2D eigenvalue weighted by atomic mass is 16.2. The quantitative estimate of drug-likeness (QED) is 0.774. The van der Waals surface area contributed by atoms with Crippen LogP contribution in [0.3, 0.4) is 0 Å². The predicted octanol–water partition coefficient (Wildman–Crippen LogP) is 1.37. The summed E-state index contributed by atoms with van der Waals surface area (Å²) in [6, 6.07) is 17.5. The Labute approximate surface area is 123 Å². The molecule has 0 aliphatic heterocycles. The molecule has 2 aromatic carbocycles. The highest BCUT2D eigenvalue weighted by Gasteiger charge is 2.04. The van der Waals surface area contributed by atoms with Crippen LogP contribution in [0.15, 0.2) is 54.6 Å². The lowest BCUT2D eigenvalue weighted by molar-refractivity contribution is -0.123. The zero-order chi connectivity index (χ0) is 15.1. The highest BCUT2D eigenvalue weighted by Crippen LogP contribution is 2.20. The first-order chi connectivity index (χ1) is 10.2. The summed E-state index contributed by atoms with van der Waals surface area (Å²) in [7, 11) is 0. The van der Waals surface area contributed by atoms with Gasteiger partial charge in [-0.3, -0.25) is 9.59 Å². The van der Waals surface area contributed by atoms with Gasteiger partial charge in [-0.05, 0) is 23.3 Å². The topological polar surface area (TPSA) is 84.2 Å². The summed E-state index contributed by atoms with van der Waals surface area (Å²) in [5.41, 5.74) is 8.01. The van der Waals surface area contributed by atoms with Gasteiger partial charge in [0.25, 0.3) is 0 Å². The summed E-state index contributed by atoms with van der Waals surface area (Å²) in [4.78, 5) is 22.6. The van der Waals surface area contributed by atoms with E-state index in [0.717, 1.165) is 11.1 Å². The first-order valence-corrected chi connectivity index (χ1v) is 6.61. The third kappa shape index (κ3) is 4.43. The van der Waals surface area contributed by atoms with Crippen molar-refractivity contribution in [2.75, 3.05) is 18.4 Å². The molecule has 0 bridgehead atoms. The second kappa shape index (κ2) is 7.21. The van der Waals surface area contributed by atoms with Crippen molar-refractivity contribution in [2.24, 2.45) is 5.73 Å². The molecule has 0 fully saturated rings. The van der Waals surface area contributed by atoms with Crippen molar-refractivity contribution in [1.29, 1.82) is 0 Å². The Morgan fingerprint density at radius 3 is 2.10 bits per heavy atom. The molecule has 2 amide bonds. The Bertz CT molecular complexity index is 609. The van der Waals surface area contributed by atoms with Crippen LogP contribution in [0, 0.1) is 0 Å². The van der Waals surface area contributed by atoms with Crippen molar-refractivity contribution in [1.82, 2.24) is 5.32 Å². The van der Waals surface area contributed by atoms with Crippen molar-refractivity contribution < 1.29 is 9.59 Å². The van der Waals surface area contributed by atoms with E-state index in [2.05, 4.69) is 10.6 Å². The second-order valence-electron chi connectivity index (χ2n) is 4.47. The first-order valence-electron chi connectivity index (χ1n) is 6.61. The van der Waals surface area contributed by atoms with Crippen LogP contribution >= 0.6 is 0 Å². The Morgan fingerprint density at radius 2 is 1.48 bits per heavy atom. The number of carbonyl (C=O) groups is 2. The Balaban J connectivity index is 1.94. The maximum absolute atomic E-state index is 11.6. The zero-order valence-corrected chi connectivity index (χ0v) is 11.5. The van der Waals surface area contributed by atoms with E-state index in [1.54, 1.807) is 0 Å². The number of hydrogen-bond donors (Lipinski definition) is 3. The number of nitrogens with two attached hydrogens (primary N) is 1. The van der Waals surface area contributed by atoms with Gasteiger partial charge in [0.05, 0.1) is 13.1 Å². The molecule has 0 radical (unpaired) electrons. The minimum atomic E-state index is -0.357. The number of hydrogen-bond acceptors (Lipinski definition) is 3. The molecule has 0 aliphatic rings. The average molecular weight is 283 g/mol. The predicted molar refractivity (Wildman–Crippen MR) is 82.6 cm³/mol. The van der Waals surface area contributed by atoms with Crippen LogP contribution in [0.5, 0.6) is 0 Å². The number of amides is 2. The molecule has 0 aliphatic carbocycles. The zero-order valence-electron chi connectivity index (χ0n) is 11.5. The van der Waals surface area contributed by atoms with E-state index in [1.807, 2.05) is 54.6 Å². The SMILES string of the molecule is NCC(=O)NCC(=O)Nc1ccc(-c2ccccc2)cc1. The largest absolute Gasteiger partial charge is 0.346 e. The Kier molecular flexibility index (Phi) is 5.06. The molecule has 0 aromatic heterocycles. The summed E-state index contributed by atoms with van der Waals surface area (Å²) in [6.45, 7) is -0.213. The summed E-state index contributed by atoms with van der Waals surface area (Å²) in [5.74, 6) is -0.645. The summed E-state index contributed by atoms with van der Waals surface area (Å²) in [5, 5.41) is 5.12. The molecule has 0 atom stereocenters. The lowest BCUT2D eigenvalue weighted by Gasteiger charge is -2.07. The fourth-order valence-corrected chi connectivity index (χ4v) is 1.83. The van der Waals surface area contributed by atoms with Crippen LogP contribution < -0.4 is 16.4 Å². The smallest absolute Gasteiger partial charge is 0.243 e. The van der Waals surface area contributed by atoms with Crippen LogP contribution in [-0.4, -0.2) is 24.9 Å². The highest BCUT2D eigenvalue weighted by molar-refractivity contribution is 5.94. The lowest BCUT2D eigenvalue weighted by Crippen LogP contribution is -2.36. The summed E-state index contributed by atoms with van der Waals surface area (Å²) >= 11 is 0. The lowest BCUT2D eigenvalue weighted by atomic mass is 10.1. The van der Waals surface area contributed by atoms with Gasteiger partial charge >= 0.3 is 0 Å². The van der Waals surface area contributed by atoms with Gasteiger partial charge in [-0.1, -0.05) is 42.5 Å². The third-order valence-corrected chi connectivity index (χ3v) is 2.91. The number of rotatable bonds is 5. The molecule has 0 heterocycles. The van der Waals surface area contributed by atoms with E-state index in [4.69, 9.17) is 5.73 Å². The molecule has 0 unspecified atom stereocenters. The molecule has 0 saturated heterocycles. The molecular weight excluding hydrogens is 266 g/mol. The van der Waals surface area contributed by atoms with E-state index in [9.17, 15) is 9.59 Å². The monoisotopic (exact) mass is 283 g/mol. The van der Waals surface area contributed by atoms with Crippen molar-refractivity contribution in [3.8, 4) is 11.1 Å². The number of benzene rings is 2. The molecule has 5 nitrogen and oxygen atoms in total. The molecule has 2 rings (SSSR count). The average Bonchev–Trinajstić information content (AvgIpc) is 2.54. The van der Waals surface area contributed by atoms with Gasteiger partial charge in [0.1, 0.15) is 0 Å². The van der Waals surface area contributed by atoms with Crippen LogP contribution in [0.1, 0.15) is 0 Å². The fraction of sp³-hybridized carbons (Fsp3) is 0.125. The van der Waals surface area contributed by atoms with E-state index in [0.29, 0.717) is 5.69 Å². The van der Waals surface area contributed by atoms with E-state index in [-0.39, 0.29) is 24.9 Å². The molecule has 5 heteroatoms. The number of nitrogens with one attached hydrogen (secondary N) is 2. The number of anilines is 1. The Morgan fingerprint density at radius 1 is 0.857 bits per heavy atom. The summed E-state index contributed by atoms with van der Waals surface area (Å²) in [6.07, 6.45) is 0. The second-order valence-corrected chi connectivity index (χ2v) is 4.47. The first kappa shape index (κ1) is 14.7. The van der Waals surface area contributed by atoms with Gasteiger partial charge < -0.3 is 16.4 Å². The molecular formula is C16H17N3O2. The van der Waals surface area contributed by atoms with E-state index in [1.165, 1.54) is 0 Å². The standard InChI is InChI=1S/C16H17N3O2/c17-10-15(20)18-11-16(21)19-14-8-6-13(7-9-14)12-4-2-1-3-5-12/h1-9H,10-11,17H2,(H,18,20)(H,19,21). The molecule has 0 saturated carbocycles. The van der Waals surface area contributed by atoms with Gasteiger partial charge in [0.15, 0.2) is 0 Å². The van der Waals surface area contributed by atoms with Gasteiger partial charge in [0, 0.05) is 5.69 Å². The molecule has 108 valence electrons. The van der Waals surface area contributed by atoms with Crippen molar-refractivity contribution >= 4 is 17.5 Å². The molecule has 21 heavy (non-hydrogen) atoms. The molecule has 0 spiro atoms. The van der Waals surface area contributed by atoms with Crippen LogP contribution in [0.2, 0.25) is 0 Å². The minimum absolute atomic E-state index is 0.0868. The molecule has 2 aromatic rings. The van der Waals surface area contributed by atoms with Crippen LogP contribution in [0.4, 0.5) is 5.69 Å². The summed E-state index contributed by atoms with van der Waals surface area (Å²) < 4.78 is 0. The van der Waals surface area contributed by atoms with Gasteiger partial charge in [0.2, 0.25) is 11.8 Å². The van der Waals surface area contributed by atoms with Gasteiger partial charge in [-0.25, -0.2) is 0 Å².